The lowest BCUT2D eigenvalue weighted by atomic mass is 9.91. The lowest BCUT2D eigenvalue weighted by Gasteiger charge is -2.39. The Morgan fingerprint density at radius 1 is 1.09 bits per heavy atom. The Balaban J connectivity index is 1.54. The third-order valence-electron chi connectivity index (χ3n) is 6.05. The van der Waals surface area contributed by atoms with Crippen molar-refractivity contribution in [3.05, 3.63) is 59.7 Å². The van der Waals surface area contributed by atoms with Crippen LogP contribution in [0.25, 0.3) is 0 Å². The van der Waals surface area contributed by atoms with Crippen molar-refractivity contribution in [2.45, 2.75) is 19.9 Å². The molecule has 0 aliphatic carbocycles. The zero-order valence-electron chi connectivity index (χ0n) is 19.3. The molecule has 1 amide bonds. The van der Waals surface area contributed by atoms with Gasteiger partial charge in [0.2, 0.25) is 11.9 Å². The van der Waals surface area contributed by atoms with E-state index in [-0.39, 0.29) is 12.5 Å². The number of ether oxygens (including phenoxy) is 2. The Kier molecular flexibility index (Phi) is 6.82. The number of guanidine groups is 1. The number of anilines is 1. The molecular weight excluding hydrogens is 420 g/mol. The number of carbonyl (C=O) groups is 2. The minimum absolute atomic E-state index is 0.214. The summed E-state index contributed by atoms with van der Waals surface area (Å²) < 4.78 is 10.5. The number of piperazine rings is 1. The molecule has 1 N–H and O–H groups in total. The number of rotatable bonds is 5. The monoisotopic (exact) mass is 450 g/mol. The first-order valence-corrected chi connectivity index (χ1v) is 11.3. The van der Waals surface area contributed by atoms with Gasteiger partial charge in [-0.3, -0.25) is 14.9 Å². The highest BCUT2D eigenvalue weighted by Crippen LogP contribution is 2.31. The molecular formula is C25H30N4O4. The summed E-state index contributed by atoms with van der Waals surface area (Å²) in [7, 11) is 1.66. The molecule has 0 bridgehead atoms. The number of benzene rings is 2. The predicted octanol–water partition coefficient (Wildman–Crippen LogP) is 2.53. The third kappa shape index (κ3) is 4.94. The molecule has 8 nitrogen and oxygen atoms in total. The lowest BCUT2D eigenvalue weighted by molar-refractivity contribution is -0.153. The van der Waals surface area contributed by atoms with Gasteiger partial charge in [-0.05, 0) is 31.5 Å². The summed E-state index contributed by atoms with van der Waals surface area (Å²) in [5.74, 6) is -0.596. The number of methoxy groups -OCH3 is 1. The summed E-state index contributed by atoms with van der Waals surface area (Å²) in [5.41, 5.74) is 3.02. The van der Waals surface area contributed by atoms with Gasteiger partial charge in [0.1, 0.15) is 11.8 Å². The molecule has 8 heteroatoms. The van der Waals surface area contributed by atoms with E-state index < -0.39 is 17.9 Å². The summed E-state index contributed by atoms with van der Waals surface area (Å²) in [5, 5.41) is 2.86. The van der Waals surface area contributed by atoms with Gasteiger partial charge < -0.3 is 19.3 Å². The van der Waals surface area contributed by atoms with Gasteiger partial charge in [-0.2, -0.15) is 0 Å². The molecule has 1 fully saturated rings. The molecule has 2 atom stereocenters. The maximum Gasteiger partial charge on any atom is 0.321 e. The van der Waals surface area contributed by atoms with E-state index in [9.17, 15) is 9.59 Å². The number of hydrogen-bond acceptors (Lipinski definition) is 7. The van der Waals surface area contributed by atoms with Crippen LogP contribution in [0.4, 0.5) is 5.69 Å². The first-order chi connectivity index (χ1) is 16.0. The second-order valence-corrected chi connectivity index (χ2v) is 8.20. The van der Waals surface area contributed by atoms with Crippen LogP contribution < -0.4 is 15.0 Å². The van der Waals surface area contributed by atoms with Gasteiger partial charge in [-0.1, -0.05) is 35.9 Å². The Labute approximate surface area is 194 Å². The first kappa shape index (κ1) is 22.6. The molecule has 4 rings (SSSR count). The van der Waals surface area contributed by atoms with Crippen molar-refractivity contribution < 1.29 is 19.1 Å². The topological polar surface area (TPSA) is 83.5 Å². The molecule has 174 valence electrons. The van der Waals surface area contributed by atoms with Crippen LogP contribution in [0.15, 0.2) is 53.5 Å². The van der Waals surface area contributed by atoms with Crippen molar-refractivity contribution in [2.75, 3.05) is 44.8 Å². The van der Waals surface area contributed by atoms with Gasteiger partial charge >= 0.3 is 5.97 Å². The van der Waals surface area contributed by atoms with Crippen molar-refractivity contribution in [1.29, 1.82) is 0 Å². The van der Waals surface area contributed by atoms with E-state index in [1.807, 2.05) is 49.4 Å². The largest absolute Gasteiger partial charge is 0.497 e. The van der Waals surface area contributed by atoms with E-state index in [1.165, 1.54) is 0 Å². The average Bonchev–Trinajstić information content (AvgIpc) is 2.84. The lowest BCUT2D eigenvalue weighted by Crippen LogP contribution is -2.57. The SMILES string of the molecule is CCOC(=O)[C@@H]1C(=O)NC(N2CCN(c3cccc(OC)c3)CC2)=N[C@H]1c1ccc(C)cc1. The maximum absolute atomic E-state index is 13.0. The Hall–Kier alpha value is -3.55. The second kappa shape index (κ2) is 9.94. The molecule has 2 heterocycles. The first-order valence-electron chi connectivity index (χ1n) is 11.3. The maximum atomic E-state index is 13.0. The average molecular weight is 451 g/mol. The molecule has 0 radical (unpaired) electrons. The van der Waals surface area contributed by atoms with Crippen molar-refractivity contribution in [1.82, 2.24) is 10.2 Å². The quantitative estimate of drug-likeness (QED) is 0.557. The second-order valence-electron chi connectivity index (χ2n) is 8.20. The summed E-state index contributed by atoms with van der Waals surface area (Å²) in [6.07, 6.45) is 0. The number of esters is 1. The van der Waals surface area contributed by atoms with Crippen LogP contribution in [0.3, 0.4) is 0 Å². The molecule has 0 saturated carbocycles. The van der Waals surface area contributed by atoms with Gasteiger partial charge in [-0.15, -0.1) is 0 Å². The van der Waals surface area contributed by atoms with Crippen LogP contribution >= 0.6 is 0 Å². The highest BCUT2D eigenvalue weighted by molar-refractivity contribution is 6.08. The van der Waals surface area contributed by atoms with E-state index in [0.29, 0.717) is 19.0 Å². The number of carbonyl (C=O) groups excluding carboxylic acids is 2. The third-order valence-corrected chi connectivity index (χ3v) is 6.05. The van der Waals surface area contributed by atoms with E-state index in [1.54, 1.807) is 14.0 Å². The van der Waals surface area contributed by atoms with Crippen LogP contribution in [0.2, 0.25) is 0 Å². The van der Waals surface area contributed by atoms with Gasteiger partial charge in [0.25, 0.3) is 0 Å². The van der Waals surface area contributed by atoms with Crippen LogP contribution in [-0.4, -0.2) is 62.6 Å². The van der Waals surface area contributed by atoms with Crippen molar-refractivity contribution >= 4 is 23.5 Å². The molecule has 0 unspecified atom stereocenters. The molecule has 0 spiro atoms. The predicted molar refractivity (Wildman–Crippen MR) is 126 cm³/mol. The Morgan fingerprint density at radius 2 is 1.79 bits per heavy atom. The number of nitrogens with one attached hydrogen (secondary N) is 1. The fraction of sp³-hybridized carbons (Fsp3) is 0.400. The van der Waals surface area contributed by atoms with E-state index in [4.69, 9.17) is 14.5 Å². The van der Waals surface area contributed by atoms with E-state index in [2.05, 4.69) is 21.2 Å². The normalized spacial score (nSPS) is 20.7. The Bertz CT molecular complexity index is 1030. The van der Waals surface area contributed by atoms with E-state index >= 15 is 0 Å². The van der Waals surface area contributed by atoms with Crippen LogP contribution in [0, 0.1) is 12.8 Å². The van der Waals surface area contributed by atoms with Gasteiger partial charge in [0.05, 0.1) is 13.7 Å². The molecule has 2 aliphatic rings. The zero-order chi connectivity index (χ0) is 23.4. The summed E-state index contributed by atoms with van der Waals surface area (Å²) in [4.78, 5) is 34.8. The minimum atomic E-state index is -1.01. The number of aliphatic imine (C=N–C) groups is 1. The Morgan fingerprint density at radius 3 is 2.45 bits per heavy atom. The van der Waals surface area contributed by atoms with Gasteiger partial charge in [0, 0.05) is 37.9 Å². The number of hydrogen-bond donors (Lipinski definition) is 1. The standard InChI is InChI=1S/C25H30N4O4/c1-4-33-24(31)21-22(18-10-8-17(2)9-11-18)26-25(27-23(21)30)29-14-12-28(13-15-29)19-6-5-7-20(16-19)32-3/h5-11,16,21-22H,4,12-15H2,1-3H3,(H,26,27,30)/t21-,22-/m0/s1. The molecule has 2 aromatic rings. The summed E-state index contributed by atoms with van der Waals surface area (Å²) in [6, 6.07) is 15.1. The van der Waals surface area contributed by atoms with Gasteiger partial charge in [-0.25, -0.2) is 4.99 Å². The van der Waals surface area contributed by atoms with Crippen molar-refractivity contribution in [3.63, 3.8) is 0 Å². The summed E-state index contributed by atoms with van der Waals surface area (Å²) in [6.45, 7) is 6.89. The van der Waals surface area contributed by atoms with Crippen molar-refractivity contribution in [2.24, 2.45) is 10.9 Å². The molecule has 2 aliphatic heterocycles. The van der Waals surface area contributed by atoms with Gasteiger partial charge in [0.15, 0.2) is 5.92 Å². The number of aryl methyl sites for hydroxylation is 1. The number of amides is 1. The van der Waals surface area contributed by atoms with Crippen molar-refractivity contribution in [3.8, 4) is 5.75 Å². The molecule has 1 saturated heterocycles. The van der Waals surface area contributed by atoms with E-state index in [0.717, 1.165) is 35.7 Å². The molecule has 33 heavy (non-hydrogen) atoms. The smallest absolute Gasteiger partial charge is 0.321 e. The van der Waals surface area contributed by atoms with Crippen LogP contribution in [-0.2, 0) is 14.3 Å². The highest BCUT2D eigenvalue weighted by atomic mass is 16.5. The van der Waals surface area contributed by atoms with Crippen LogP contribution in [0.5, 0.6) is 5.75 Å². The molecule has 2 aromatic carbocycles. The molecule has 0 aromatic heterocycles. The summed E-state index contributed by atoms with van der Waals surface area (Å²) >= 11 is 0. The van der Waals surface area contributed by atoms with Crippen LogP contribution in [0.1, 0.15) is 24.1 Å². The minimum Gasteiger partial charge on any atom is -0.497 e. The zero-order valence-corrected chi connectivity index (χ0v) is 19.3. The fourth-order valence-corrected chi connectivity index (χ4v) is 4.21. The highest BCUT2D eigenvalue weighted by Gasteiger charge is 2.42. The number of nitrogens with zero attached hydrogens (tertiary/aromatic N) is 3. The fourth-order valence-electron chi connectivity index (χ4n) is 4.21.